The number of rotatable bonds is 3. The minimum absolute atomic E-state index is 0.0105. The number of para-hydroxylation sites is 1. The Morgan fingerprint density at radius 1 is 1.09 bits per heavy atom. The van der Waals surface area contributed by atoms with Gasteiger partial charge in [-0.2, -0.15) is 0 Å². The molecule has 0 radical (unpaired) electrons. The van der Waals surface area contributed by atoms with Crippen LogP contribution in [-0.2, 0) is 0 Å². The van der Waals surface area contributed by atoms with E-state index in [1.807, 2.05) is 13.8 Å². The third-order valence-corrected chi connectivity index (χ3v) is 2.73. The lowest BCUT2D eigenvalue weighted by molar-refractivity contribution is -0.383. The molecule has 22 heavy (non-hydrogen) atoms. The monoisotopic (exact) mass is 304 g/mol. The lowest BCUT2D eigenvalue weighted by Gasteiger charge is -2.07. The second-order valence-electron chi connectivity index (χ2n) is 3.96. The molecule has 0 aliphatic heterocycles. The highest BCUT2D eigenvalue weighted by Gasteiger charge is 2.19. The Morgan fingerprint density at radius 2 is 1.77 bits per heavy atom. The van der Waals surface area contributed by atoms with E-state index in [9.17, 15) is 14.5 Å². The van der Waals surface area contributed by atoms with Gasteiger partial charge in [0.15, 0.2) is 5.52 Å². The molecular weight excluding hydrogens is 291 g/mol. The summed E-state index contributed by atoms with van der Waals surface area (Å²) in [5.41, 5.74) is 0.557. The van der Waals surface area contributed by atoms with Gasteiger partial charge in [0.25, 0.3) is 0 Å². The summed E-state index contributed by atoms with van der Waals surface area (Å²) in [6, 6.07) is 8.74. The molecule has 2 aromatic carbocycles. The van der Waals surface area contributed by atoms with Crippen LogP contribution in [0.2, 0.25) is 0 Å². The van der Waals surface area contributed by atoms with Crippen LogP contribution in [0.5, 0.6) is 0 Å². The number of nitro benzene ring substituents is 1. The number of nitrogens with zero attached hydrogens (tertiary/aromatic N) is 3. The lowest BCUT2D eigenvalue weighted by atomic mass is 10.2. The molecule has 8 heteroatoms. The van der Waals surface area contributed by atoms with Crippen LogP contribution in [-0.4, -0.2) is 15.2 Å². The standard InChI is InChI=1S/C12H7FN4O3.C2H6/c13-7-3-1-2-4-8(7)14-9-5-6-10(17(18)19)12-11(9)15-20-16-12;1-2/h1-6,14H;1-2H3. The van der Waals surface area contributed by atoms with E-state index >= 15 is 0 Å². The molecule has 1 heterocycles. The van der Waals surface area contributed by atoms with E-state index < -0.39 is 10.7 Å². The molecule has 0 fully saturated rings. The van der Waals surface area contributed by atoms with Crippen molar-refractivity contribution in [2.75, 3.05) is 5.32 Å². The maximum absolute atomic E-state index is 13.6. The number of hydrogen-bond donors (Lipinski definition) is 1. The van der Waals surface area contributed by atoms with Crippen LogP contribution in [0.3, 0.4) is 0 Å². The van der Waals surface area contributed by atoms with Crippen molar-refractivity contribution in [2.45, 2.75) is 13.8 Å². The number of fused-ring (bicyclic) bond motifs is 1. The number of hydrogen-bond acceptors (Lipinski definition) is 6. The smallest absolute Gasteiger partial charge is 0.300 e. The Morgan fingerprint density at radius 3 is 2.45 bits per heavy atom. The fourth-order valence-corrected chi connectivity index (χ4v) is 1.81. The van der Waals surface area contributed by atoms with Crippen molar-refractivity contribution >= 4 is 28.1 Å². The molecule has 1 N–H and O–H groups in total. The van der Waals surface area contributed by atoms with Gasteiger partial charge in [0, 0.05) is 6.07 Å². The fraction of sp³-hybridized carbons (Fsp3) is 0.143. The molecule has 0 amide bonds. The van der Waals surface area contributed by atoms with Crippen molar-refractivity contribution in [1.82, 2.24) is 10.3 Å². The van der Waals surface area contributed by atoms with Crippen molar-refractivity contribution in [3.8, 4) is 0 Å². The van der Waals surface area contributed by atoms with Crippen molar-refractivity contribution in [3.05, 3.63) is 52.3 Å². The molecule has 1 aromatic heterocycles. The van der Waals surface area contributed by atoms with E-state index in [1.165, 1.54) is 24.3 Å². The van der Waals surface area contributed by atoms with Gasteiger partial charge < -0.3 is 5.32 Å². The normalized spacial score (nSPS) is 9.95. The number of nitro groups is 1. The molecule has 114 valence electrons. The van der Waals surface area contributed by atoms with E-state index in [4.69, 9.17) is 0 Å². The number of anilines is 2. The van der Waals surface area contributed by atoms with E-state index in [0.29, 0.717) is 5.69 Å². The Balaban J connectivity index is 0.000000847. The molecule has 0 saturated heterocycles. The zero-order valence-electron chi connectivity index (χ0n) is 11.9. The molecule has 0 saturated carbocycles. The van der Waals surface area contributed by atoms with Crippen molar-refractivity contribution < 1.29 is 13.9 Å². The van der Waals surface area contributed by atoms with Crippen LogP contribution >= 0.6 is 0 Å². The number of halogens is 1. The molecule has 0 aliphatic carbocycles. The van der Waals surface area contributed by atoms with Gasteiger partial charge in [-0.05, 0) is 28.5 Å². The number of nitrogens with one attached hydrogen (secondary N) is 1. The fourth-order valence-electron chi connectivity index (χ4n) is 1.81. The summed E-state index contributed by atoms with van der Waals surface area (Å²) in [7, 11) is 0. The first kappa shape index (κ1) is 15.4. The summed E-state index contributed by atoms with van der Waals surface area (Å²) in [6.07, 6.45) is 0. The van der Waals surface area contributed by atoms with Crippen LogP contribution in [0.1, 0.15) is 13.8 Å². The molecule has 0 spiro atoms. The average molecular weight is 304 g/mol. The summed E-state index contributed by atoms with van der Waals surface area (Å²) in [4.78, 5) is 10.3. The minimum atomic E-state index is -0.584. The van der Waals surface area contributed by atoms with Crippen molar-refractivity contribution in [3.63, 3.8) is 0 Å². The number of non-ortho nitro benzene ring substituents is 1. The first-order chi connectivity index (χ1) is 10.7. The predicted octanol–water partition coefficient (Wildman–Crippen LogP) is 4.04. The summed E-state index contributed by atoms with van der Waals surface area (Å²) in [6.45, 7) is 4.00. The molecule has 0 bridgehead atoms. The van der Waals surface area contributed by atoms with Gasteiger partial charge in [0.2, 0.25) is 5.52 Å². The van der Waals surface area contributed by atoms with Crippen LogP contribution in [0, 0.1) is 15.9 Å². The van der Waals surface area contributed by atoms with Gasteiger partial charge in [0.05, 0.1) is 16.3 Å². The SMILES string of the molecule is CC.O=[N+]([O-])c1ccc(Nc2ccccc2F)c2nonc12. The molecule has 3 aromatic rings. The van der Waals surface area contributed by atoms with Crippen LogP contribution in [0.15, 0.2) is 41.0 Å². The molecule has 0 unspecified atom stereocenters. The third kappa shape index (κ3) is 2.85. The highest BCUT2D eigenvalue weighted by Crippen LogP contribution is 2.31. The highest BCUT2D eigenvalue weighted by molar-refractivity contribution is 5.94. The highest BCUT2D eigenvalue weighted by atomic mass is 19.1. The Hall–Kier alpha value is -3.03. The minimum Gasteiger partial charge on any atom is -0.351 e. The quantitative estimate of drug-likeness (QED) is 0.579. The Labute approximate surface area is 124 Å². The topological polar surface area (TPSA) is 94.1 Å². The largest absolute Gasteiger partial charge is 0.351 e. The molecular formula is C14H13FN4O3. The maximum Gasteiger partial charge on any atom is 0.300 e. The van der Waals surface area contributed by atoms with Crippen LogP contribution < -0.4 is 5.32 Å². The summed E-state index contributed by atoms with van der Waals surface area (Å²) in [5, 5.41) is 20.8. The van der Waals surface area contributed by atoms with Crippen LogP contribution in [0.4, 0.5) is 21.5 Å². The van der Waals surface area contributed by atoms with Gasteiger partial charge in [0.1, 0.15) is 5.82 Å². The maximum atomic E-state index is 13.6. The molecule has 7 nitrogen and oxygen atoms in total. The van der Waals surface area contributed by atoms with E-state index in [0.717, 1.165) is 0 Å². The van der Waals surface area contributed by atoms with Gasteiger partial charge >= 0.3 is 5.69 Å². The van der Waals surface area contributed by atoms with E-state index in [-0.39, 0.29) is 22.4 Å². The molecule has 0 aliphatic rings. The zero-order chi connectivity index (χ0) is 16.1. The summed E-state index contributed by atoms with van der Waals surface area (Å²) < 4.78 is 18.1. The van der Waals surface area contributed by atoms with E-state index in [1.54, 1.807) is 12.1 Å². The summed E-state index contributed by atoms with van der Waals surface area (Å²) >= 11 is 0. The zero-order valence-corrected chi connectivity index (χ0v) is 11.9. The van der Waals surface area contributed by atoms with E-state index in [2.05, 4.69) is 20.3 Å². The predicted molar refractivity (Wildman–Crippen MR) is 79.5 cm³/mol. The second-order valence-corrected chi connectivity index (χ2v) is 3.96. The summed E-state index contributed by atoms with van der Waals surface area (Å²) in [5.74, 6) is -0.449. The van der Waals surface area contributed by atoms with Gasteiger partial charge in [-0.1, -0.05) is 26.0 Å². The lowest BCUT2D eigenvalue weighted by Crippen LogP contribution is -1.96. The first-order valence-electron chi connectivity index (χ1n) is 6.58. The van der Waals surface area contributed by atoms with Crippen LogP contribution in [0.25, 0.3) is 11.0 Å². The second kappa shape index (κ2) is 6.61. The van der Waals surface area contributed by atoms with Crippen molar-refractivity contribution in [1.29, 1.82) is 0 Å². The molecule has 0 atom stereocenters. The van der Waals surface area contributed by atoms with Crippen molar-refractivity contribution in [2.24, 2.45) is 0 Å². The Bertz CT molecular complexity index is 804. The number of benzene rings is 2. The number of aromatic nitrogens is 2. The Kier molecular flexibility index (Phi) is 4.62. The van der Waals surface area contributed by atoms with Gasteiger partial charge in [-0.3, -0.25) is 10.1 Å². The van der Waals surface area contributed by atoms with Gasteiger partial charge in [-0.25, -0.2) is 9.02 Å². The van der Waals surface area contributed by atoms with Gasteiger partial charge in [-0.15, -0.1) is 0 Å². The average Bonchev–Trinajstić information content (AvgIpc) is 3.01. The first-order valence-corrected chi connectivity index (χ1v) is 6.58. The third-order valence-electron chi connectivity index (χ3n) is 2.73. The molecule has 3 rings (SSSR count).